The van der Waals surface area contributed by atoms with Crippen LogP contribution in [-0.2, 0) is 14.8 Å². The number of hydrogen-bond donors (Lipinski definition) is 0. The normalized spacial score (nSPS) is 20.2. The first kappa shape index (κ1) is 15.2. The van der Waals surface area contributed by atoms with Crippen LogP contribution in [0.1, 0.15) is 0 Å². The smallest absolute Gasteiger partial charge is 0.410 e. The van der Waals surface area contributed by atoms with E-state index in [0.717, 1.165) is 5.69 Å². The number of benzene rings is 1. The van der Waals surface area contributed by atoms with Crippen LogP contribution in [0.2, 0.25) is 0 Å². The van der Waals surface area contributed by atoms with Crippen LogP contribution in [0.4, 0.5) is 4.79 Å². The molecule has 0 atom stereocenters. The molecule has 2 saturated heterocycles. The summed E-state index contributed by atoms with van der Waals surface area (Å²) < 4.78 is 33.9. The van der Waals surface area contributed by atoms with Gasteiger partial charge >= 0.3 is 6.09 Å². The molecule has 0 aliphatic carbocycles. The largest absolute Gasteiger partial charge is 0.438 e. The second-order valence-electron chi connectivity index (χ2n) is 6.26. The highest BCUT2D eigenvalue weighted by Crippen LogP contribution is 2.35. The first-order chi connectivity index (χ1) is 11.4. The van der Waals surface area contributed by atoms with Gasteiger partial charge in [-0.3, -0.25) is 0 Å². The van der Waals surface area contributed by atoms with Crippen LogP contribution in [0.25, 0.3) is 5.69 Å². The maximum absolute atomic E-state index is 12.7. The molecular formula is C16H17N3O4S. The zero-order valence-electron chi connectivity index (χ0n) is 13.1. The predicted octanol–water partition coefficient (Wildman–Crippen LogP) is 1.30. The lowest BCUT2D eigenvalue weighted by Crippen LogP contribution is -2.65. The lowest BCUT2D eigenvalue weighted by Gasteiger charge is -2.44. The van der Waals surface area contributed by atoms with E-state index >= 15 is 0 Å². The van der Waals surface area contributed by atoms with Gasteiger partial charge in [0.15, 0.2) is 5.60 Å². The van der Waals surface area contributed by atoms with Gasteiger partial charge in [0.1, 0.15) is 0 Å². The Morgan fingerprint density at radius 2 is 1.67 bits per heavy atom. The second-order valence-corrected chi connectivity index (χ2v) is 8.20. The van der Waals surface area contributed by atoms with Crippen LogP contribution in [0.15, 0.2) is 53.7 Å². The summed E-state index contributed by atoms with van der Waals surface area (Å²) in [4.78, 5) is 13.2. The van der Waals surface area contributed by atoms with Crippen molar-refractivity contribution in [2.75, 3.05) is 26.7 Å². The monoisotopic (exact) mass is 347 g/mol. The van der Waals surface area contributed by atoms with Gasteiger partial charge in [-0.15, -0.1) is 0 Å². The summed E-state index contributed by atoms with van der Waals surface area (Å²) in [6.45, 7) is 0.819. The Morgan fingerprint density at radius 3 is 2.21 bits per heavy atom. The van der Waals surface area contributed by atoms with Gasteiger partial charge < -0.3 is 14.2 Å². The maximum Gasteiger partial charge on any atom is 0.410 e. The van der Waals surface area contributed by atoms with E-state index in [-0.39, 0.29) is 18.0 Å². The van der Waals surface area contributed by atoms with Crippen molar-refractivity contribution in [2.45, 2.75) is 10.5 Å². The molecule has 2 aliphatic rings. The molecule has 1 spiro atoms. The molecule has 1 amide bonds. The van der Waals surface area contributed by atoms with E-state index in [4.69, 9.17) is 4.74 Å². The minimum atomic E-state index is -3.57. The quantitative estimate of drug-likeness (QED) is 0.839. The fraction of sp³-hybridized carbons (Fsp3) is 0.312. The fourth-order valence-corrected chi connectivity index (χ4v) is 4.76. The molecule has 1 aromatic carbocycles. The second kappa shape index (κ2) is 5.09. The Labute approximate surface area is 140 Å². The van der Waals surface area contributed by atoms with E-state index in [1.165, 1.54) is 9.21 Å². The van der Waals surface area contributed by atoms with Gasteiger partial charge in [-0.1, -0.05) is 0 Å². The minimum Gasteiger partial charge on any atom is -0.438 e. The van der Waals surface area contributed by atoms with E-state index in [0.29, 0.717) is 6.54 Å². The highest BCUT2D eigenvalue weighted by atomic mass is 32.2. The Balaban J connectivity index is 1.51. The van der Waals surface area contributed by atoms with E-state index in [9.17, 15) is 13.2 Å². The van der Waals surface area contributed by atoms with Gasteiger partial charge in [-0.25, -0.2) is 13.2 Å². The number of nitrogens with zero attached hydrogens (tertiary/aromatic N) is 3. The number of sulfonamides is 1. The third-order valence-electron chi connectivity index (χ3n) is 4.45. The first-order valence-corrected chi connectivity index (χ1v) is 9.01. The summed E-state index contributed by atoms with van der Waals surface area (Å²) in [6.07, 6.45) is 3.39. The Morgan fingerprint density at radius 1 is 1.04 bits per heavy atom. The van der Waals surface area contributed by atoms with Crippen molar-refractivity contribution in [1.82, 2.24) is 13.8 Å². The van der Waals surface area contributed by atoms with Gasteiger partial charge in [0, 0.05) is 25.1 Å². The SMILES string of the molecule is CN1CC2(CN(S(=O)(=O)c3ccc(-n4cccc4)cc3)C2)OC1=O. The molecule has 0 saturated carbocycles. The lowest BCUT2D eigenvalue weighted by atomic mass is 9.97. The topological polar surface area (TPSA) is 71.8 Å². The van der Waals surface area contributed by atoms with Crippen LogP contribution in [0, 0.1) is 0 Å². The van der Waals surface area contributed by atoms with Crippen LogP contribution in [0.3, 0.4) is 0 Å². The average molecular weight is 347 g/mol. The average Bonchev–Trinajstić information content (AvgIpc) is 3.15. The fourth-order valence-electron chi connectivity index (χ4n) is 3.17. The molecule has 2 fully saturated rings. The summed E-state index contributed by atoms with van der Waals surface area (Å²) in [6, 6.07) is 10.6. The van der Waals surface area contributed by atoms with Crippen molar-refractivity contribution in [3.63, 3.8) is 0 Å². The molecule has 0 bridgehead atoms. The van der Waals surface area contributed by atoms with Crippen LogP contribution >= 0.6 is 0 Å². The Kier molecular flexibility index (Phi) is 3.23. The minimum absolute atomic E-state index is 0.199. The van der Waals surface area contributed by atoms with E-state index in [1.807, 2.05) is 29.1 Å². The molecule has 24 heavy (non-hydrogen) atoms. The molecule has 2 aromatic rings. The predicted molar refractivity (Wildman–Crippen MR) is 86.4 cm³/mol. The molecule has 3 heterocycles. The van der Waals surface area contributed by atoms with Crippen LogP contribution < -0.4 is 0 Å². The van der Waals surface area contributed by atoms with E-state index in [1.54, 1.807) is 31.3 Å². The molecule has 0 N–H and O–H groups in total. The molecule has 0 radical (unpaired) electrons. The van der Waals surface area contributed by atoms with Crippen LogP contribution in [0.5, 0.6) is 0 Å². The van der Waals surface area contributed by atoms with Crippen molar-refractivity contribution in [1.29, 1.82) is 0 Å². The zero-order chi connectivity index (χ0) is 16.9. The summed E-state index contributed by atoms with van der Waals surface area (Å²) >= 11 is 0. The third-order valence-corrected chi connectivity index (χ3v) is 6.25. The standard InChI is InChI=1S/C16H17N3O4S/c1-17-10-16(23-15(17)20)11-19(12-16)24(21,22)14-6-4-13(5-7-14)18-8-2-3-9-18/h2-9H,10-12H2,1H3. The zero-order valence-corrected chi connectivity index (χ0v) is 13.9. The number of likely N-dealkylation sites (N-methyl/N-ethyl adjacent to an activating group) is 1. The molecule has 2 aliphatic heterocycles. The van der Waals surface area contributed by atoms with Crippen molar-refractivity contribution in [2.24, 2.45) is 0 Å². The summed E-state index contributed by atoms with van der Waals surface area (Å²) in [5.74, 6) is 0. The number of aromatic nitrogens is 1. The number of rotatable bonds is 3. The van der Waals surface area contributed by atoms with Crippen molar-refractivity contribution < 1.29 is 17.9 Å². The molecule has 126 valence electrons. The number of carbonyl (C=O) groups is 1. The van der Waals surface area contributed by atoms with Crippen LogP contribution in [-0.4, -0.2) is 60.6 Å². The molecule has 7 nitrogen and oxygen atoms in total. The lowest BCUT2D eigenvalue weighted by molar-refractivity contribution is -0.0335. The van der Waals surface area contributed by atoms with Crippen molar-refractivity contribution in [3.8, 4) is 5.69 Å². The summed E-state index contributed by atoms with van der Waals surface area (Å²) in [5.41, 5.74) is 0.203. The number of amides is 1. The van der Waals surface area contributed by atoms with Gasteiger partial charge in [-0.2, -0.15) is 4.31 Å². The highest BCUT2D eigenvalue weighted by Gasteiger charge is 2.56. The number of carbonyl (C=O) groups excluding carboxylic acids is 1. The molecule has 1 aromatic heterocycles. The van der Waals surface area contributed by atoms with E-state index in [2.05, 4.69) is 0 Å². The molecule has 4 rings (SSSR count). The summed E-state index contributed by atoms with van der Waals surface area (Å²) in [5, 5.41) is 0. The van der Waals surface area contributed by atoms with Crippen molar-refractivity contribution in [3.05, 3.63) is 48.8 Å². The number of ether oxygens (including phenoxy) is 1. The molecule has 0 unspecified atom stereocenters. The van der Waals surface area contributed by atoms with Gasteiger partial charge in [0.2, 0.25) is 10.0 Å². The highest BCUT2D eigenvalue weighted by molar-refractivity contribution is 7.89. The maximum atomic E-state index is 12.7. The third kappa shape index (κ3) is 2.30. The molecular weight excluding hydrogens is 330 g/mol. The van der Waals surface area contributed by atoms with E-state index < -0.39 is 21.7 Å². The van der Waals surface area contributed by atoms with Crippen molar-refractivity contribution >= 4 is 16.1 Å². The van der Waals surface area contributed by atoms with Gasteiger partial charge in [-0.05, 0) is 36.4 Å². The first-order valence-electron chi connectivity index (χ1n) is 7.57. The number of hydrogen-bond acceptors (Lipinski definition) is 4. The Bertz CT molecular complexity index is 869. The summed E-state index contributed by atoms with van der Waals surface area (Å²) in [7, 11) is -1.92. The van der Waals surface area contributed by atoms with Gasteiger partial charge in [0.25, 0.3) is 0 Å². The molecule has 8 heteroatoms. The Hall–Kier alpha value is -2.32. The van der Waals surface area contributed by atoms with Gasteiger partial charge in [0.05, 0.1) is 24.5 Å².